The third-order valence-corrected chi connectivity index (χ3v) is 4.43. The maximum Gasteiger partial charge on any atom is 0.135 e. The second-order valence-electron chi connectivity index (χ2n) is 5.58. The van der Waals surface area contributed by atoms with Gasteiger partial charge in [0.1, 0.15) is 12.1 Å². The Hall–Kier alpha value is -0.870. The topological polar surface area (TPSA) is 38.2 Å². The van der Waals surface area contributed by atoms with E-state index in [9.17, 15) is 0 Å². The molecule has 1 aliphatic heterocycles. The maximum atomic E-state index is 5.74. The molecule has 0 radical (unpaired) electrons. The Morgan fingerprint density at radius 1 is 1.20 bits per heavy atom. The molecule has 0 amide bonds. The molecule has 0 unspecified atom stereocenters. The van der Waals surface area contributed by atoms with Crippen molar-refractivity contribution in [2.45, 2.75) is 44.6 Å². The van der Waals surface area contributed by atoms with Crippen molar-refractivity contribution in [3.8, 4) is 0 Å². The lowest BCUT2D eigenvalue weighted by atomic mass is 9.95. The summed E-state index contributed by atoms with van der Waals surface area (Å²) < 4.78 is 5.74. The molecule has 1 aromatic heterocycles. The highest BCUT2D eigenvalue weighted by atomic mass is 35.5. The number of fused-ring (bicyclic) bond motifs is 1. The van der Waals surface area contributed by atoms with Gasteiger partial charge in [-0.05, 0) is 38.5 Å². The van der Waals surface area contributed by atoms with Crippen molar-refractivity contribution in [3.63, 3.8) is 0 Å². The molecule has 2 heterocycles. The van der Waals surface area contributed by atoms with Crippen LogP contribution in [0.1, 0.15) is 36.9 Å². The van der Waals surface area contributed by atoms with Gasteiger partial charge in [0.2, 0.25) is 0 Å². The SMILES string of the molecule is ClCCOC1CCN(c2ncnc3c2CCCC3)CC1. The van der Waals surface area contributed by atoms with Gasteiger partial charge < -0.3 is 9.64 Å². The van der Waals surface area contributed by atoms with Crippen LogP contribution in [-0.4, -0.2) is 41.6 Å². The molecular formula is C15H22ClN3O. The molecule has 0 bridgehead atoms. The lowest BCUT2D eigenvalue weighted by molar-refractivity contribution is 0.0470. The first-order valence-electron chi connectivity index (χ1n) is 7.63. The molecule has 5 heteroatoms. The van der Waals surface area contributed by atoms with Gasteiger partial charge in [-0.1, -0.05) is 0 Å². The van der Waals surface area contributed by atoms with Crippen molar-refractivity contribution < 1.29 is 4.74 Å². The largest absolute Gasteiger partial charge is 0.377 e. The summed E-state index contributed by atoms with van der Waals surface area (Å²) in [6.45, 7) is 2.71. The summed E-state index contributed by atoms with van der Waals surface area (Å²) in [5.41, 5.74) is 2.65. The molecule has 4 nitrogen and oxygen atoms in total. The second kappa shape index (κ2) is 6.72. The van der Waals surface area contributed by atoms with Crippen molar-refractivity contribution >= 4 is 17.4 Å². The summed E-state index contributed by atoms with van der Waals surface area (Å²) in [6.07, 6.45) is 9.00. The summed E-state index contributed by atoms with van der Waals surface area (Å²) in [4.78, 5) is 11.4. The number of aromatic nitrogens is 2. The first-order valence-corrected chi connectivity index (χ1v) is 8.17. The van der Waals surface area contributed by atoms with Gasteiger partial charge >= 0.3 is 0 Å². The normalized spacial score (nSPS) is 19.9. The molecule has 1 aliphatic carbocycles. The zero-order valence-corrected chi connectivity index (χ0v) is 12.6. The van der Waals surface area contributed by atoms with Crippen LogP contribution in [0.15, 0.2) is 6.33 Å². The lowest BCUT2D eigenvalue weighted by Crippen LogP contribution is -2.38. The van der Waals surface area contributed by atoms with Crippen LogP contribution in [-0.2, 0) is 17.6 Å². The fourth-order valence-corrected chi connectivity index (χ4v) is 3.31. The zero-order chi connectivity index (χ0) is 13.8. The molecule has 20 heavy (non-hydrogen) atoms. The molecule has 0 aromatic carbocycles. The molecule has 0 N–H and O–H groups in total. The van der Waals surface area contributed by atoms with Crippen molar-refractivity contribution in [2.24, 2.45) is 0 Å². The molecule has 2 aliphatic rings. The second-order valence-corrected chi connectivity index (χ2v) is 5.95. The van der Waals surface area contributed by atoms with Crippen molar-refractivity contribution in [1.82, 2.24) is 9.97 Å². The molecule has 110 valence electrons. The monoisotopic (exact) mass is 295 g/mol. The van der Waals surface area contributed by atoms with Crippen molar-refractivity contribution in [3.05, 3.63) is 17.6 Å². The molecule has 1 aromatic rings. The minimum absolute atomic E-state index is 0.364. The number of halogens is 1. The Morgan fingerprint density at radius 2 is 2.00 bits per heavy atom. The smallest absolute Gasteiger partial charge is 0.135 e. The summed E-state index contributed by atoms with van der Waals surface area (Å²) >= 11 is 5.67. The van der Waals surface area contributed by atoms with Gasteiger partial charge in [-0.2, -0.15) is 0 Å². The summed E-state index contributed by atoms with van der Waals surface area (Å²) in [6, 6.07) is 0. The van der Waals surface area contributed by atoms with Crippen LogP contribution in [0.25, 0.3) is 0 Å². The van der Waals surface area contributed by atoms with E-state index in [0.717, 1.165) is 38.8 Å². The average molecular weight is 296 g/mol. The van der Waals surface area contributed by atoms with E-state index in [4.69, 9.17) is 16.3 Å². The highest BCUT2D eigenvalue weighted by Crippen LogP contribution is 2.29. The van der Waals surface area contributed by atoms with Crippen molar-refractivity contribution in [2.75, 3.05) is 30.5 Å². The van der Waals surface area contributed by atoms with Gasteiger partial charge in [0.05, 0.1) is 12.7 Å². The van der Waals surface area contributed by atoms with E-state index in [1.807, 2.05) is 0 Å². The van der Waals surface area contributed by atoms with E-state index in [-0.39, 0.29) is 0 Å². The van der Waals surface area contributed by atoms with E-state index < -0.39 is 0 Å². The number of hydrogen-bond donors (Lipinski definition) is 0. The fraction of sp³-hybridized carbons (Fsp3) is 0.733. The van der Waals surface area contributed by atoms with Crippen molar-refractivity contribution in [1.29, 1.82) is 0 Å². The minimum Gasteiger partial charge on any atom is -0.377 e. The lowest BCUT2D eigenvalue weighted by Gasteiger charge is -2.34. The zero-order valence-electron chi connectivity index (χ0n) is 11.9. The molecule has 0 spiro atoms. The third kappa shape index (κ3) is 3.07. The highest BCUT2D eigenvalue weighted by Gasteiger charge is 2.24. The van der Waals surface area contributed by atoms with Gasteiger partial charge in [-0.3, -0.25) is 0 Å². The molecule has 1 saturated heterocycles. The molecule has 3 rings (SSSR count). The first kappa shape index (κ1) is 14.1. The Labute approximate surface area is 125 Å². The number of nitrogens with zero attached hydrogens (tertiary/aromatic N) is 3. The number of ether oxygens (including phenoxy) is 1. The average Bonchev–Trinajstić information content (AvgIpc) is 2.53. The Balaban J connectivity index is 1.66. The molecular weight excluding hydrogens is 274 g/mol. The van der Waals surface area contributed by atoms with E-state index in [1.54, 1.807) is 6.33 Å². The van der Waals surface area contributed by atoms with E-state index in [1.165, 1.54) is 29.9 Å². The fourth-order valence-electron chi connectivity index (χ4n) is 3.22. The summed E-state index contributed by atoms with van der Waals surface area (Å²) in [5.74, 6) is 1.75. The predicted molar refractivity (Wildman–Crippen MR) is 80.6 cm³/mol. The van der Waals surface area contributed by atoms with Crippen LogP contribution in [0.3, 0.4) is 0 Å². The number of hydrogen-bond acceptors (Lipinski definition) is 4. The van der Waals surface area contributed by atoms with Gasteiger partial charge in [-0.25, -0.2) is 9.97 Å². The Morgan fingerprint density at radius 3 is 2.80 bits per heavy atom. The van der Waals surface area contributed by atoms with Crippen LogP contribution >= 0.6 is 11.6 Å². The van der Waals surface area contributed by atoms with E-state index >= 15 is 0 Å². The summed E-state index contributed by atoms with van der Waals surface area (Å²) in [5, 5.41) is 0. The maximum absolute atomic E-state index is 5.74. The predicted octanol–water partition coefficient (Wildman–Crippen LogP) is 2.58. The van der Waals surface area contributed by atoms with E-state index in [2.05, 4.69) is 14.9 Å². The van der Waals surface area contributed by atoms with Crippen LogP contribution in [0.2, 0.25) is 0 Å². The number of piperidine rings is 1. The van der Waals surface area contributed by atoms with Crippen LogP contribution < -0.4 is 4.90 Å². The van der Waals surface area contributed by atoms with Gasteiger partial charge in [0.25, 0.3) is 0 Å². The number of aryl methyl sites for hydroxylation is 1. The number of alkyl halides is 1. The molecule has 1 fully saturated rings. The third-order valence-electron chi connectivity index (χ3n) is 4.27. The van der Waals surface area contributed by atoms with Crippen LogP contribution in [0.4, 0.5) is 5.82 Å². The van der Waals surface area contributed by atoms with Gasteiger partial charge in [0.15, 0.2) is 0 Å². The van der Waals surface area contributed by atoms with Gasteiger partial charge in [0, 0.05) is 30.2 Å². The minimum atomic E-state index is 0.364. The van der Waals surface area contributed by atoms with E-state index in [0.29, 0.717) is 18.6 Å². The Kier molecular flexibility index (Phi) is 4.73. The van der Waals surface area contributed by atoms with Gasteiger partial charge in [-0.15, -0.1) is 11.6 Å². The first-order chi connectivity index (χ1) is 9.88. The summed E-state index contributed by atoms with van der Waals surface area (Å²) in [7, 11) is 0. The number of anilines is 1. The standard InChI is InChI=1S/C15H22ClN3O/c16-7-10-20-12-5-8-19(9-6-12)15-13-3-1-2-4-14(13)17-11-18-15/h11-12H,1-10H2. The quantitative estimate of drug-likeness (QED) is 0.800. The molecule has 0 saturated carbocycles. The Bertz CT molecular complexity index is 447. The number of rotatable bonds is 4. The highest BCUT2D eigenvalue weighted by molar-refractivity contribution is 6.17. The van der Waals surface area contributed by atoms with Crippen LogP contribution in [0.5, 0.6) is 0 Å². The van der Waals surface area contributed by atoms with Crippen LogP contribution in [0, 0.1) is 0 Å². The molecule has 0 atom stereocenters.